The van der Waals surface area contributed by atoms with Crippen LogP contribution in [0.2, 0.25) is 0 Å². The summed E-state index contributed by atoms with van der Waals surface area (Å²) in [6, 6.07) is 1.49. The number of nitrogens with one attached hydrogen (secondary N) is 1. The molecule has 17 heavy (non-hydrogen) atoms. The smallest absolute Gasteiger partial charge is 0.182 e. The van der Waals surface area contributed by atoms with Crippen LogP contribution in [0.15, 0.2) is 12.1 Å². The van der Waals surface area contributed by atoms with E-state index in [9.17, 15) is 13.2 Å². The number of rotatable bonds is 6. The van der Waals surface area contributed by atoms with E-state index < -0.39 is 17.5 Å². The van der Waals surface area contributed by atoms with Gasteiger partial charge in [0.05, 0.1) is 5.69 Å². The normalized spacial score (nSPS) is 10.9. The molecule has 0 spiro atoms. The fourth-order valence-corrected chi connectivity index (χ4v) is 1.57. The minimum atomic E-state index is -1.17. The van der Waals surface area contributed by atoms with Crippen molar-refractivity contribution in [3.05, 3.63) is 29.6 Å². The summed E-state index contributed by atoms with van der Waals surface area (Å²) >= 11 is 0. The summed E-state index contributed by atoms with van der Waals surface area (Å²) in [6.07, 6.45) is 0. The van der Waals surface area contributed by atoms with Gasteiger partial charge in [-0.15, -0.1) is 0 Å². The van der Waals surface area contributed by atoms with Crippen molar-refractivity contribution in [2.75, 3.05) is 31.5 Å². The van der Waals surface area contributed by atoms with Gasteiger partial charge in [0.1, 0.15) is 5.82 Å². The standard InChI is InChI=1S/C12H17F3N2/c1-3-17(4-2)6-5-16-11-8-9(13)7-10(14)12(11)15/h7-8,16H,3-6H2,1-2H3. The highest BCUT2D eigenvalue weighted by molar-refractivity contribution is 5.45. The van der Waals surface area contributed by atoms with Crippen LogP contribution in [-0.4, -0.2) is 31.1 Å². The van der Waals surface area contributed by atoms with E-state index in [2.05, 4.69) is 10.2 Å². The van der Waals surface area contributed by atoms with Gasteiger partial charge in [-0.25, -0.2) is 13.2 Å². The van der Waals surface area contributed by atoms with Crippen LogP contribution >= 0.6 is 0 Å². The quantitative estimate of drug-likeness (QED) is 0.776. The molecule has 0 saturated carbocycles. The van der Waals surface area contributed by atoms with Crippen LogP contribution in [0.25, 0.3) is 0 Å². The molecule has 0 saturated heterocycles. The van der Waals surface area contributed by atoms with Crippen molar-refractivity contribution in [2.24, 2.45) is 0 Å². The van der Waals surface area contributed by atoms with E-state index in [-0.39, 0.29) is 5.69 Å². The molecule has 5 heteroatoms. The summed E-state index contributed by atoms with van der Waals surface area (Å²) in [7, 11) is 0. The van der Waals surface area contributed by atoms with Crippen LogP contribution in [0.3, 0.4) is 0 Å². The van der Waals surface area contributed by atoms with E-state index in [0.29, 0.717) is 19.2 Å². The van der Waals surface area contributed by atoms with Gasteiger partial charge < -0.3 is 10.2 Å². The molecule has 0 bridgehead atoms. The van der Waals surface area contributed by atoms with E-state index in [1.807, 2.05) is 13.8 Å². The first-order valence-electron chi connectivity index (χ1n) is 5.69. The molecule has 0 radical (unpaired) electrons. The maximum absolute atomic E-state index is 13.3. The highest BCUT2D eigenvalue weighted by Gasteiger charge is 2.10. The fourth-order valence-electron chi connectivity index (χ4n) is 1.57. The minimum Gasteiger partial charge on any atom is -0.381 e. The molecule has 1 aromatic carbocycles. The fraction of sp³-hybridized carbons (Fsp3) is 0.500. The molecule has 0 heterocycles. The Kier molecular flexibility index (Phi) is 5.28. The van der Waals surface area contributed by atoms with E-state index in [0.717, 1.165) is 19.2 Å². The molecule has 0 unspecified atom stereocenters. The second-order valence-electron chi connectivity index (χ2n) is 3.70. The summed E-state index contributed by atoms with van der Waals surface area (Å²) in [5, 5.41) is 2.70. The van der Waals surface area contributed by atoms with Crippen LogP contribution < -0.4 is 5.32 Å². The predicted octanol–water partition coefficient (Wildman–Crippen LogP) is 2.86. The van der Waals surface area contributed by atoms with Crippen LogP contribution in [-0.2, 0) is 0 Å². The lowest BCUT2D eigenvalue weighted by molar-refractivity contribution is 0.316. The first-order valence-corrected chi connectivity index (χ1v) is 5.69. The van der Waals surface area contributed by atoms with Gasteiger partial charge in [-0.2, -0.15) is 0 Å². The lowest BCUT2D eigenvalue weighted by Gasteiger charge is -2.18. The van der Waals surface area contributed by atoms with Crippen molar-refractivity contribution in [3.63, 3.8) is 0 Å². The van der Waals surface area contributed by atoms with E-state index >= 15 is 0 Å². The average molecular weight is 246 g/mol. The lowest BCUT2D eigenvalue weighted by atomic mass is 10.3. The van der Waals surface area contributed by atoms with Gasteiger partial charge in [0.2, 0.25) is 0 Å². The molecule has 2 nitrogen and oxygen atoms in total. The third-order valence-corrected chi connectivity index (χ3v) is 2.63. The summed E-state index contributed by atoms with van der Waals surface area (Å²) in [6.45, 7) is 6.96. The van der Waals surface area contributed by atoms with Crippen molar-refractivity contribution < 1.29 is 13.2 Å². The van der Waals surface area contributed by atoms with Crippen molar-refractivity contribution >= 4 is 5.69 Å². The van der Waals surface area contributed by atoms with Crippen LogP contribution in [0, 0.1) is 17.5 Å². The topological polar surface area (TPSA) is 15.3 Å². The molecule has 0 amide bonds. The molecular weight excluding hydrogens is 229 g/mol. The number of benzene rings is 1. The highest BCUT2D eigenvalue weighted by Crippen LogP contribution is 2.18. The SMILES string of the molecule is CCN(CC)CCNc1cc(F)cc(F)c1F. The molecule has 0 aliphatic heterocycles. The Morgan fingerprint density at radius 2 is 1.76 bits per heavy atom. The third-order valence-electron chi connectivity index (χ3n) is 2.63. The zero-order chi connectivity index (χ0) is 12.8. The number of likely N-dealkylation sites (N-methyl/N-ethyl adjacent to an activating group) is 1. The Morgan fingerprint density at radius 3 is 2.35 bits per heavy atom. The predicted molar refractivity (Wildman–Crippen MR) is 62.6 cm³/mol. The average Bonchev–Trinajstić information content (AvgIpc) is 2.30. The molecule has 0 atom stereocenters. The number of hydrogen-bond acceptors (Lipinski definition) is 2. The van der Waals surface area contributed by atoms with E-state index in [1.54, 1.807) is 0 Å². The lowest BCUT2D eigenvalue weighted by Crippen LogP contribution is -2.28. The molecule has 0 aliphatic carbocycles. The van der Waals surface area contributed by atoms with Gasteiger partial charge in [0.15, 0.2) is 11.6 Å². The first kappa shape index (κ1) is 13.8. The highest BCUT2D eigenvalue weighted by atomic mass is 19.2. The van der Waals surface area contributed by atoms with Crippen molar-refractivity contribution in [2.45, 2.75) is 13.8 Å². The molecule has 0 fully saturated rings. The van der Waals surface area contributed by atoms with Gasteiger partial charge in [-0.05, 0) is 13.1 Å². The number of halogens is 3. The largest absolute Gasteiger partial charge is 0.381 e. The van der Waals surface area contributed by atoms with Gasteiger partial charge in [-0.1, -0.05) is 13.8 Å². The molecular formula is C12H17F3N2. The second-order valence-corrected chi connectivity index (χ2v) is 3.70. The van der Waals surface area contributed by atoms with Crippen molar-refractivity contribution in [1.29, 1.82) is 0 Å². The number of nitrogens with zero attached hydrogens (tertiary/aromatic N) is 1. The molecule has 1 rings (SSSR count). The van der Waals surface area contributed by atoms with E-state index in [1.165, 1.54) is 0 Å². The molecule has 1 N–H and O–H groups in total. The summed E-state index contributed by atoms with van der Waals surface area (Å²) in [4.78, 5) is 2.13. The minimum absolute atomic E-state index is 0.130. The number of hydrogen-bond donors (Lipinski definition) is 1. The first-order chi connectivity index (χ1) is 8.08. The molecule has 0 aromatic heterocycles. The molecule has 0 aliphatic rings. The van der Waals surface area contributed by atoms with Crippen molar-refractivity contribution in [3.8, 4) is 0 Å². The Morgan fingerprint density at radius 1 is 1.12 bits per heavy atom. The molecule has 1 aromatic rings. The van der Waals surface area contributed by atoms with Crippen LogP contribution in [0.1, 0.15) is 13.8 Å². The molecule has 96 valence electrons. The Labute approximate surface area is 99.4 Å². The van der Waals surface area contributed by atoms with Crippen LogP contribution in [0.4, 0.5) is 18.9 Å². The van der Waals surface area contributed by atoms with Crippen molar-refractivity contribution in [1.82, 2.24) is 4.90 Å². The van der Waals surface area contributed by atoms with Crippen LogP contribution in [0.5, 0.6) is 0 Å². The van der Waals surface area contributed by atoms with E-state index in [4.69, 9.17) is 0 Å². The Hall–Kier alpha value is -1.23. The summed E-state index contributed by atoms with van der Waals surface area (Å²) < 4.78 is 39.0. The Bertz CT molecular complexity index is 365. The Balaban J connectivity index is 2.57. The maximum Gasteiger partial charge on any atom is 0.182 e. The van der Waals surface area contributed by atoms with Gasteiger partial charge in [0, 0.05) is 25.2 Å². The van der Waals surface area contributed by atoms with Gasteiger partial charge >= 0.3 is 0 Å². The van der Waals surface area contributed by atoms with Gasteiger partial charge in [0.25, 0.3) is 0 Å². The summed E-state index contributed by atoms with van der Waals surface area (Å²) in [5.41, 5.74) is -0.130. The maximum atomic E-state index is 13.3. The van der Waals surface area contributed by atoms with Gasteiger partial charge in [-0.3, -0.25) is 0 Å². The summed E-state index contributed by atoms with van der Waals surface area (Å²) in [5.74, 6) is -2.99. The zero-order valence-corrected chi connectivity index (χ0v) is 10.1. The monoisotopic (exact) mass is 246 g/mol. The second kappa shape index (κ2) is 6.49. The number of anilines is 1. The third kappa shape index (κ3) is 3.93. The zero-order valence-electron chi connectivity index (χ0n) is 10.1.